The average Bonchev–Trinajstić information content (AvgIpc) is 3.27. The number of cyclic esters (lactones) is 1. The highest BCUT2D eigenvalue weighted by Crippen LogP contribution is 2.28. The van der Waals surface area contributed by atoms with Crippen LogP contribution in [0, 0.1) is 5.92 Å². The van der Waals surface area contributed by atoms with Crippen molar-refractivity contribution in [2.24, 2.45) is 5.92 Å². The third-order valence-electron chi connectivity index (χ3n) is 5.32. The number of nitrogens with zero attached hydrogens (tertiary/aromatic N) is 1. The van der Waals surface area contributed by atoms with E-state index >= 15 is 0 Å². The van der Waals surface area contributed by atoms with Crippen molar-refractivity contribution in [1.29, 1.82) is 0 Å². The zero-order chi connectivity index (χ0) is 20.0. The van der Waals surface area contributed by atoms with Gasteiger partial charge in [-0.3, -0.25) is 4.79 Å². The first-order valence-electron chi connectivity index (χ1n) is 9.78. The van der Waals surface area contributed by atoms with Crippen molar-refractivity contribution in [3.63, 3.8) is 0 Å². The van der Waals surface area contributed by atoms with Gasteiger partial charge in [0.2, 0.25) is 5.91 Å². The number of carbonyl (C=O) groups excluding carboxylic acids is 3. The predicted molar refractivity (Wildman–Crippen MR) is 100 cm³/mol. The van der Waals surface area contributed by atoms with Gasteiger partial charge in [-0.05, 0) is 31.7 Å². The summed E-state index contributed by atoms with van der Waals surface area (Å²) in [4.78, 5) is 37.6. The van der Waals surface area contributed by atoms with E-state index in [1.807, 2.05) is 37.3 Å². The Morgan fingerprint density at radius 1 is 1.29 bits per heavy atom. The molecule has 28 heavy (non-hydrogen) atoms. The number of aldehydes is 1. The lowest BCUT2D eigenvalue weighted by Crippen LogP contribution is -2.43. The molecule has 2 aliphatic rings. The van der Waals surface area contributed by atoms with Crippen LogP contribution in [0.1, 0.15) is 38.2 Å². The zero-order valence-electron chi connectivity index (χ0n) is 16.2. The minimum Gasteiger partial charge on any atom is -0.447 e. The minimum atomic E-state index is -0.628. The second-order valence-corrected chi connectivity index (χ2v) is 7.45. The Morgan fingerprint density at radius 3 is 2.68 bits per heavy atom. The Labute approximate surface area is 164 Å². The van der Waals surface area contributed by atoms with Crippen LogP contribution in [0.5, 0.6) is 0 Å². The number of hydrogen-bond acceptors (Lipinski definition) is 6. The Morgan fingerprint density at radius 2 is 2.00 bits per heavy atom. The number of benzene rings is 1. The summed E-state index contributed by atoms with van der Waals surface area (Å²) in [5.41, 5.74) is 1.03. The third-order valence-corrected chi connectivity index (χ3v) is 5.32. The van der Waals surface area contributed by atoms with Gasteiger partial charge >= 0.3 is 6.09 Å². The SMILES string of the molecule is CC1(CCC[C@H](CC=O)C(=O)N2C(=O)OC[C@@H]2Cc2ccccc2)OCCO1. The highest BCUT2D eigenvalue weighted by atomic mass is 16.7. The molecule has 2 atom stereocenters. The first kappa shape index (κ1) is 20.5. The van der Waals surface area contributed by atoms with Gasteiger partial charge in [-0.25, -0.2) is 9.69 Å². The summed E-state index contributed by atoms with van der Waals surface area (Å²) in [6, 6.07) is 9.31. The molecule has 1 aromatic carbocycles. The lowest BCUT2D eigenvalue weighted by atomic mass is 9.95. The molecule has 1 aromatic rings. The number of hydrogen-bond donors (Lipinski definition) is 0. The topological polar surface area (TPSA) is 82.1 Å². The molecule has 2 fully saturated rings. The summed E-state index contributed by atoms with van der Waals surface area (Å²) in [5, 5.41) is 0. The second kappa shape index (κ2) is 9.30. The lowest BCUT2D eigenvalue weighted by Gasteiger charge is -2.26. The molecule has 2 saturated heterocycles. The maximum Gasteiger partial charge on any atom is 0.416 e. The van der Waals surface area contributed by atoms with E-state index in [0.717, 1.165) is 11.8 Å². The molecule has 7 nitrogen and oxygen atoms in total. The molecule has 0 aliphatic carbocycles. The summed E-state index contributed by atoms with van der Waals surface area (Å²) < 4.78 is 16.3. The van der Waals surface area contributed by atoms with Crippen LogP contribution >= 0.6 is 0 Å². The van der Waals surface area contributed by atoms with E-state index in [1.54, 1.807) is 0 Å². The maximum atomic E-state index is 13.1. The van der Waals surface area contributed by atoms with E-state index in [4.69, 9.17) is 14.2 Å². The number of imide groups is 1. The zero-order valence-corrected chi connectivity index (χ0v) is 16.2. The van der Waals surface area contributed by atoms with Crippen LogP contribution in [-0.2, 0) is 30.2 Å². The van der Waals surface area contributed by atoms with Crippen molar-refractivity contribution in [3.05, 3.63) is 35.9 Å². The number of rotatable bonds is 9. The highest BCUT2D eigenvalue weighted by molar-refractivity contribution is 5.95. The maximum absolute atomic E-state index is 13.1. The fourth-order valence-corrected chi connectivity index (χ4v) is 3.79. The van der Waals surface area contributed by atoms with Gasteiger partial charge in [-0.2, -0.15) is 0 Å². The monoisotopic (exact) mass is 389 g/mol. The van der Waals surface area contributed by atoms with E-state index in [-0.39, 0.29) is 25.0 Å². The molecule has 2 aliphatic heterocycles. The van der Waals surface area contributed by atoms with E-state index < -0.39 is 17.8 Å². The molecule has 2 heterocycles. The molecule has 0 saturated carbocycles. The van der Waals surface area contributed by atoms with Gasteiger partial charge in [0.15, 0.2) is 5.79 Å². The van der Waals surface area contributed by atoms with Crippen LogP contribution in [0.4, 0.5) is 4.79 Å². The fraction of sp³-hybridized carbons (Fsp3) is 0.571. The minimum absolute atomic E-state index is 0.0824. The molecule has 7 heteroatoms. The standard InChI is InChI=1S/C21H27NO6/c1-21(27-12-13-28-21)10-5-8-17(9-11-23)19(24)22-18(15-26-20(22)25)14-16-6-3-2-4-7-16/h2-4,6-7,11,17-18H,5,8-10,12-15H2,1H3/t17-,18+/m1/s1. The largest absolute Gasteiger partial charge is 0.447 e. The van der Waals surface area contributed by atoms with Crippen LogP contribution < -0.4 is 0 Å². The predicted octanol–water partition coefficient (Wildman–Crippen LogP) is 2.72. The van der Waals surface area contributed by atoms with Crippen molar-refractivity contribution in [3.8, 4) is 0 Å². The quantitative estimate of drug-likeness (QED) is 0.604. The van der Waals surface area contributed by atoms with Gasteiger partial charge in [-0.15, -0.1) is 0 Å². The molecule has 0 spiro atoms. The highest BCUT2D eigenvalue weighted by Gasteiger charge is 2.40. The molecule has 0 aromatic heterocycles. The van der Waals surface area contributed by atoms with Crippen LogP contribution in [-0.4, -0.2) is 54.8 Å². The van der Waals surface area contributed by atoms with Crippen LogP contribution in [0.25, 0.3) is 0 Å². The summed E-state index contributed by atoms with van der Waals surface area (Å²) in [5.74, 6) is -1.52. The molecular weight excluding hydrogens is 362 g/mol. The molecule has 0 N–H and O–H groups in total. The van der Waals surface area contributed by atoms with Crippen molar-refractivity contribution in [2.75, 3.05) is 19.8 Å². The van der Waals surface area contributed by atoms with E-state index in [0.29, 0.717) is 38.9 Å². The van der Waals surface area contributed by atoms with Gasteiger partial charge < -0.3 is 19.0 Å². The van der Waals surface area contributed by atoms with Crippen LogP contribution in [0.2, 0.25) is 0 Å². The molecule has 0 unspecified atom stereocenters. The van der Waals surface area contributed by atoms with Gasteiger partial charge in [0.1, 0.15) is 12.9 Å². The van der Waals surface area contributed by atoms with Crippen LogP contribution in [0.15, 0.2) is 30.3 Å². The first-order chi connectivity index (χ1) is 13.5. The van der Waals surface area contributed by atoms with E-state index in [2.05, 4.69) is 0 Å². The lowest BCUT2D eigenvalue weighted by molar-refractivity contribution is -0.149. The van der Waals surface area contributed by atoms with Crippen molar-refractivity contribution in [2.45, 2.75) is 50.9 Å². The molecule has 0 radical (unpaired) electrons. The molecular formula is C21H27NO6. The van der Waals surface area contributed by atoms with Gasteiger partial charge in [0, 0.05) is 18.8 Å². The van der Waals surface area contributed by atoms with Gasteiger partial charge in [0.05, 0.1) is 19.3 Å². The van der Waals surface area contributed by atoms with E-state index in [1.165, 1.54) is 4.90 Å². The molecule has 152 valence electrons. The third kappa shape index (κ3) is 4.97. The average molecular weight is 389 g/mol. The van der Waals surface area contributed by atoms with E-state index in [9.17, 15) is 14.4 Å². The van der Waals surface area contributed by atoms with Crippen molar-refractivity contribution >= 4 is 18.3 Å². The Hall–Kier alpha value is -2.25. The Balaban J connectivity index is 1.62. The van der Waals surface area contributed by atoms with Gasteiger partial charge in [-0.1, -0.05) is 30.3 Å². The number of ether oxygens (including phenoxy) is 3. The number of amides is 2. The normalized spacial score (nSPS) is 22.1. The van der Waals surface area contributed by atoms with Crippen LogP contribution in [0.3, 0.4) is 0 Å². The first-order valence-corrected chi connectivity index (χ1v) is 9.78. The molecule has 3 rings (SSSR count). The Bertz CT molecular complexity index is 685. The molecule has 2 amide bonds. The number of carbonyl (C=O) groups is 3. The van der Waals surface area contributed by atoms with Crippen molar-refractivity contribution in [1.82, 2.24) is 4.90 Å². The summed E-state index contributed by atoms with van der Waals surface area (Å²) in [6.07, 6.45) is 2.50. The summed E-state index contributed by atoms with van der Waals surface area (Å²) in [7, 11) is 0. The van der Waals surface area contributed by atoms with Crippen molar-refractivity contribution < 1.29 is 28.6 Å². The smallest absolute Gasteiger partial charge is 0.416 e. The molecule has 0 bridgehead atoms. The Kier molecular flexibility index (Phi) is 6.80. The summed E-state index contributed by atoms with van der Waals surface area (Å²) in [6.45, 7) is 3.18. The second-order valence-electron chi connectivity index (χ2n) is 7.45. The fourth-order valence-electron chi connectivity index (χ4n) is 3.79. The van der Waals surface area contributed by atoms with Gasteiger partial charge in [0.25, 0.3) is 0 Å². The summed E-state index contributed by atoms with van der Waals surface area (Å²) >= 11 is 0.